The van der Waals surface area contributed by atoms with Gasteiger partial charge in [0, 0.05) is 5.02 Å². The summed E-state index contributed by atoms with van der Waals surface area (Å²) in [5.41, 5.74) is 2.74. The van der Waals surface area contributed by atoms with Crippen LogP contribution < -0.4 is 9.64 Å². The van der Waals surface area contributed by atoms with Crippen LogP contribution in [0.4, 0.5) is 5.69 Å². The highest BCUT2D eigenvalue weighted by Gasteiger charge is 2.33. The molecule has 0 N–H and O–H groups in total. The molecule has 0 atom stereocenters. The van der Waals surface area contributed by atoms with Gasteiger partial charge in [0.1, 0.15) is 12.4 Å². The van der Waals surface area contributed by atoms with Gasteiger partial charge in [-0.15, -0.1) is 0 Å². The Labute approximate surface area is 183 Å². The molecule has 3 nitrogen and oxygen atoms in total. The number of halogens is 1. The van der Waals surface area contributed by atoms with Crippen molar-refractivity contribution in [2.24, 2.45) is 0 Å². The molecular formula is C23H16ClNO2S2. The molecule has 0 radical (unpaired) electrons. The number of carbonyl (C=O) groups excluding carboxylic acids is 1. The van der Waals surface area contributed by atoms with Crippen LogP contribution in [0.2, 0.25) is 5.02 Å². The SMILES string of the molecule is O=C1/C(=C/c2ccc(OCc3ccccc3)cc2)SC(=S)N1c1ccc(Cl)cc1. The minimum Gasteiger partial charge on any atom is -0.489 e. The van der Waals surface area contributed by atoms with E-state index in [4.69, 9.17) is 28.6 Å². The molecule has 1 heterocycles. The highest BCUT2D eigenvalue weighted by molar-refractivity contribution is 8.27. The Kier molecular flexibility index (Phi) is 6.00. The largest absolute Gasteiger partial charge is 0.489 e. The van der Waals surface area contributed by atoms with Gasteiger partial charge in [-0.2, -0.15) is 0 Å². The summed E-state index contributed by atoms with van der Waals surface area (Å²) < 4.78 is 6.31. The van der Waals surface area contributed by atoms with E-state index in [1.54, 1.807) is 24.3 Å². The van der Waals surface area contributed by atoms with E-state index in [0.29, 0.717) is 26.5 Å². The third-order valence-electron chi connectivity index (χ3n) is 4.30. The normalized spacial score (nSPS) is 15.2. The van der Waals surface area contributed by atoms with Crippen molar-refractivity contribution in [2.45, 2.75) is 6.61 Å². The number of rotatable bonds is 5. The topological polar surface area (TPSA) is 29.5 Å². The van der Waals surface area contributed by atoms with Gasteiger partial charge < -0.3 is 4.74 Å². The van der Waals surface area contributed by atoms with Crippen molar-refractivity contribution < 1.29 is 9.53 Å². The van der Waals surface area contributed by atoms with Gasteiger partial charge in [-0.05, 0) is 53.6 Å². The van der Waals surface area contributed by atoms with Crippen LogP contribution in [0, 0.1) is 0 Å². The fourth-order valence-electron chi connectivity index (χ4n) is 2.83. The first kappa shape index (κ1) is 19.7. The molecule has 1 saturated heterocycles. The first-order valence-corrected chi connectivity index (χ1v) is 10.5. The molecule has 1 aliphatic rings. The zero-order chi connectivity index (χ0) is 20.2. The maximum absolute atomic E-state index is 12.8. The van der Waals surface area contributed by atoms with Crippen molar-refractivity contribution >= 4 is 57.6 Å². The summed E-state index contributed by atoms with van der Waals surface area (Å²) in [5.74, 6) is 0.645. The van der Waals surface area contributed by atoms with Crippen molar-refractivity contribution in [1.82, 2.24) is 0 Å². The van der Waals surface area contributed by atoms with E-state index in [2.05, 4.69) is 0 Å². The molecule has 0 saturated carbocycles. The second kappa shape index (κ2) is 8.82. The lowest BCUT2D eigenvalue weighted by atomic mass is 10.2. The molecule has 0 aliphatic carbocycles. The van der Waals surface area contributed by atoms with E-state index in [0.717, 1.165) is 16.9 Å². The number of hydrogen-bond acceptors (Lipinski definition) is 4. The van der Waals surface area contributed by atoms with Crippen molar-refractivity contribution in [3.63, 3.8) is 0 Å². The Balaban J connectivity index is 1.45. The maximum atomic E-state index is 12.8. The first-order chi connectivity index (χ1) is 14.1. The summed E-state index contributed by atoms with van der Waals surface area (Å²) >= 11 is 12.6. The van der Waals surface area contributed by atoms with E-state index >= 15 is 0 Å². The average molecular weight is 438 g/mol. The smallest absolute Gasteiger partial charge is 0.270 e. The quantitative estimate of drug-likeness (QED) is 0.345. The van der Waals surface area contributed by atoms with Crippen molar-refractivity contribution in [2.75, 3.05) is 4.90 Å². The standard InChI is InChI=1S/C23H16ClNO2S2/c24-18-8-10-19(11-9-18)25-22(26)21(29-23(25)28)14-16-6-12-20(13-7-16)27-15-17-4-2-1-3-5-17/h1-14H,15H2/b21-14-. The molecule has 3 aromatic rings. The number of anilines is 1. The Hall–Kier alpha value is -2.60. The zero-order valence-electron chi connectivity index (χ0n) is 15.2. The first-order valence-electron chi connectivity index (χ1n) is 8.90. The third kappa shape index (κ3) is 4.70. The minimum absolute atomic E-state index is 0.133. The van der Waals surface area contributed by atoms with Crippen molar-refractivity contribution in [1.29, 1.82) is 0 Å². The lowest BCUT2D eigenvalue weighted by molar-refractivity contribution is -0.113. The van der Waals surface area contributed by atoms with Crippen molar-refractivity contribution in [3.05, 3.63) is 99.9 Å². The highest BCUT2D eigenvalue weighted by atomic mass is 35.5. The minimum atomic E-state index is -0.133. The molecule has 29 heavy (non-hydrogen) atoms. The zero-order valence-corrected chi connectivity index (χ0v) is 17.6. The second-order valence-electron chi connectivity index (χ2n) is 6.34. The third-order valence-corrected chi connectivity index (χ3v) is 5.86. The number of hydrogen-bond donors (Lipinski definition) is 0. The van der Waals surface area contributed by atoms with Gasteiger partial charge in [-0.25, -0.2) is 0 Å². The summed E-state index contributed by atoms with van der Waals surface area (Å²) in [6.07, 6.45) is 1.84. The summed E-state index contributed by atoms with van der Waals surface area (Å²) in [5, 5.41) is 0.615. The maximum Gasteiger partial charge on any atom is 0.270 e. The summed E-state index contributed by atoms with van der Waals surface area (Å²) in [4.78, 5) is 14.9. The van der Waals surface area contributed by atoms with Crippen molar-refractivity contribution in [3.8, 4) is 5.75 Å². The number of ether oxygens (including phenoxy) is 1. The molecule has 0 spiro atoms. The molecule has 0 aromatic heterocycles. The number of nitrogens with zero attached hydrogens (tertiary/aromatic N) is 1. The van der Waals surface area contributed by atoms with E-state index < -0.39 is 0 Å². The molecule has 4 rings (SSSR count). The predicted octanol–water partition coefficient (Wildman–Crippen LogP) is 6.32. The summed E-state index contributed by atoms with van der Waals surface area (Å²) in [6, 6.07) is 24.7. The van der Waals surface area contributed by atoms with Gasteiger partial charge in [0.2, 0.25) is 0 Å². The van der Waals surface area contributed by atoms with Gasteiger partial charge in [0.15, 0.2) is 4.32 Å². The number of benzene rings is 3. The molecule has 6 heteroatoms. The average Bonchev–Trinajstić information content (AvgIpc) is 3.02. The monoisotopic (exact) mass is 437 g/mol. The Morgan fingerprint density at radius 2 is 1.66 bits per heavy atom. The summed E-state index contributed by atoms with van der Waals surface area (Å²) in [7, 11) is 0. The Morgan fingerprint density at radius 3 is 2.34 bits per heavy atom. The second-order valence-corrected chi connectivity index (χ2v) is 8.45. The fourth-order valence-corrected chi connectivity index (χ4v) is 4.26. The lowest BCUT2D eigenvalue weighted by Crippen LogP contribution is -2.27. The number of amides is 1. The summed E-state index contributed by atoms with van der Waals surface area (Å²) in [6.45, 7) is 0.514. The predicted molar refractivity (Wildman–Crippen MR) is 124 cm³/mol. The van der Waals surface area contributed by atoms with Gasteiger partial charge in [-0.3, -0.25) is 9.69 Å². The van der Waals surface area contributed by atoms with Crippen LogP contribution in [-0.2, 0) is 11.4 Å². The Morgan fingerprint density at radius 1 is 0.966 bits per heavy atom. The van der Waals surface area contributed by atoms with Gasteiger partial charge in [0.05, 0.1) is 10.6 Å². The van der Waals surface area contributed by atoms with E-state index in [1.807, 2.05) is 60.7 Å². The fraction of sp³-hybridized carbons (Fsp3) is 0.0435. The van der Waals surface area contributed by atoms with Crippen LogP contribution in [0.1, 0.15) is 11.1 Å². The Bertz CT molecular complexity index is 1060. The van der Waals surface area contributed by atoms with Gasteiger partial charge in [0.25, 0.3) is 5.91 Å². The molecule has 144 valence electrons. The number of carbonyl (C=O) groups is 1. The molecular weight excluding hydrogens is 422 g/mol. The van der Waals surface area contributed by atoms with Gasteiger partial charge in [-0.1, -0.05) is 78.0 Å². The highest BCUT2D eigenvalue weighted by Crippen LogP contribution is 2.36. The van der Waals surface area contributed by atoms with E-state index in [-0.39, 0.29) is 5.91 Å². The lowest BCUT2D eigenvalue weighted by Gasteiger charge is -2.14. The molecule has 1 fully saturated rings. The van der Waals surface area contributed by atoms with Crippen LogP contribution in [0.3, 0.4) is 0 Å². The van der Waals surface area contributed by atoms with Gasteiger partial charge >= 0.3 is 0 Å². The van der Waals surface area contributed by atoms with Crippen LogP contribution in [-0.4, -0.2) is 10.2 Å². The number of thiocarbonyl (C=S) groups is 1. The number of thioether (sulfide) groups is 1. The molecule has 3 aromatic carbocycles. The van der Waals surface area contributed by atoms with E-state index in [9.17, 15) is 4.79 Å². The molecule has 1 aliphatic heterocycles. The molecule has 1 amide bonds. The van der Waals surface area contributed by atoms with E-state index in [1.165, 1.54) is 16.7 Å². The van der Waals surface area contributed by atoms with Crippen LogP contribution in [0.15, 0.2) is 83.8 Å². The van der Waals surface area contributed by atoms with Crippen LogP contribution in [0.5, 0.6) is 5.75 Å². The van der Waals surface area contributed by atoms with Crippen LogP contribution >= 0.6 is 35.6 Å². The molecule has 0 bridgehead atoms. The molecule has 0 unspecified atom stereocenters. The van der Waals surface area contributed by atoms with Crippen LogP contribution in [0.25, 0.3) is 6.08 Å².